The fourth-order valence-corrected chi connectivity index (χ4v) is 5.52. The lowest BCUT2D eigenvalue weighted by Crippen LogP contribution is -2.31. The van der Waals surface area contributed by atoms with E-state index in [0.717, 1.165) is 33.3 Å². The molecule has 2 aromatic carbocycles. The van der Waals surface area contributed by atoms with E-state index in [-0.39, 0.29) is 5.56 Å². The third-order valence-electron chi connectivity index (χ3n) is 7.27. The number of rotatable bonds is 6. The molecule has 0 fully saturated rings. The van der Waals surface area contributed by atoms with Crippen LogP contribution in [0.4, 0.5) is 18.9 Å². The Morgan fingerprint density at radius 2 is 1.80 bits per heavy atom. The van der Waals surface area contributed by atoms with Gasteiger partial charge < -0.3 is 18.9 Å². The summed E-state index contributed by atoms with van der Waals surface area (Å²) >= 11 is 0. The smallest absolute Gasteiger partial charge is 0.435 e. The van der Waals surface area contributed by atoms with Crippen LogP contribution in [0.15, 0.2) is 61.4 Å². The second-order valence-corrected chi connectivity index (χ2v) is 9.80. The third-order valence-corrected chi connectivity index (χ3v) is 7.27. The van der Waals surface area contributed by atoms with Gasteiger partial charge in [0.1, 0.15) is 0 Å². The van der Waals surface area contributed by atoms with Gasteiger partial charge in [-0.2, -0.15) is 18.3 Å². The highest BCUT2D eigenvalue weighted by atomic mass is 19.4. The molecule has 0 aliphatic carbocycles. The average molecular weight is 549 g/mol. The number of halogens is 3. The molecule has 0 N–H and O–H groups in total. The van der Waals surface area contributed by atoms with Crippen molar-refractivity contribution in [3.8, 4) is 22.6 Å². The maximum Gasteiger partial charge on any atom is 0.435 e. The van der Waals surface area contributed by atoms with Gasteiger partial charge in [-0.05, 0) is 46.9 Å². The van der Waals surface area contributed by atoms with Gasteiger partial charge >= 0.3 is 6.18 Å². The minimum absolute atomic E-state index is 0.0957. The van der Waals surface area contributed by atoms with Crippen LogP contribution in [0.25, 0.3) is 22.0 Å². The Morgan fingerprint density at radius 3 is 2.52 bits per heavy atom. The van der Waals surface area contributed by atoms with Crippen LogP contribution in [0.2, 0.25) is 0 Å². The summed E-state index contributed by atoms with van der Waals surface area (Å²) in [6, 6.07) is 9.66. The van der Waals surface area contributed by atoms with E-state index in [4.69, 9.17) is 9.47 Å². The number of pyridine rings is 1. The van der Waals surface area contributed by atoms with E-state index in [9.17, 15) is 13.2 Å². The number of fused-ring (bicyclic) bond motifs is 2. The number of hydrogen-bond donors (Lipinski definition) is 0. The van der Waals surface area contributed by atoms with E-state index in [0.29, 0.717) is 43.1 Å². The molecule has 1 aliphatic heterocycles. The summed E-state index contributed by atoms with van der Waals surface area (Å²) in [6.45, 7) is 1.63. The van der Waals surface area contributed by atoms with Crippen LogP contribution in [-0.2, 0) is 32.7 Å². The van der Waals surface area contributed by atoms with Gasteiger partial charge in [0.05, 0.1) is 26.1 Å². The van der Waals surface area contributed by atoms with Crippen molar-refractivity contribution in [3.63, 3.8) is 0 Å². The van der Waals surface area contributed by atoms with Crippen LogP contribution in [0.5, 0.6) is 11.5 Å². The molecule has 6 rings (SSSR count). The van der Waals surface area contributed by atoms with Gasteiger partial charge in [0.25, 0.3) is 0 Å². The fourth-order valence-electron chi connectivity index (χ4n) is 5.52. The second kappa shape index (κ2) is 9.89. The van der Waals surface area contributed by atoms with E-state index in [1.54, 1.807) is 32.9 Å². The molecule has 0 radical (unpaired) electrons. The van der Waals surface area contributed by atoms with Crippen molar-refractivity contribution in [1.82, 2.24) is 24.3 Å². The van der Waals surface area contributed by atoms with Gasteiger partial charge in [-0.25, -0.2) is 4.98 Å². The molecule has 0 atom stereocenters. The maximum absolute atomic E-state index is 14.0. The summed E-state index contributed by atoms with van der Waals surface area (Å²) < 4.78 is 56.1. The van der Waals surface area contributed by atoms with Crippen molar-refractivity contribution in [3.05, 3.63) is 83.8 Å². The first-order chi connectivity index (χ1) is 19.2. The van der Waals surface area contributed by atoms with Crippen LogP contribution in [0.1, 0.15) is 22.4 Å². The molecule has 206 valence electrons. The molecular weight excluding hydrogens is 521 g/mol. The van der Waals surface area contributed by atoms with Crippen molar-refractivity contribution in [2.75, 3.05) is 25.7 Å². The Hall–Kier alpha value is -4.54. The molecule has 8 nitrogen and oxygen atoms in total. The van der Waals surface area contributed by atoms with Crippen LogP contribution < -0.4 is 14.4 Å². The average Bonchev–Trinajstić information content (AvgIpc) is 3.60. The number of methoxy groups -OCH3 is 2. The first-order valence-corrected chi connectivity index (χ1v) is 12.7. The van der Waals surface area contributed by atoms with E-state index in [1.165, 1.54) is 17.9 Å². The molecule has 0 saturated carbocycles. The monoisotopic (exact) mass is 548 g/mol. The SMILES string of the molecule is COc1cc2nccc(N3CCc4c(cc(Cn5ccnc5)cc4-c4cn(C)nc4C(F)(F)F)C3)c2cc1OC. The van der Waals surface area contributed by atoms with Crippen molar-refractivity contribution in [2.24, 2.45) is 7.05 Å². The normalized spacial score (nSPS) is 13.5. The van der Waals surface area contributed by atoms with Crippen molar-refractivity contribution in [2.45, 2.75) is 25.7 Å². The minimum atomic E-state index is -4.57. The number of aromatic nitrogens is 5. The van der Waals surface area contributed by atoms with Crippen molar-refractivity contribution in [1.29, 1.82) is 0 Å². The van der Waals surface area contributed by atoms with Crippen molar-refractivity contribution >= 4 is 16.6 Å². The Morgan fingerprint density at radius 1 is 1.00 bits per heavy atom. The Labute approximate surface area is 228 Å². The standard InChI is InChI=1S/C29H27F3N6O2/c1-36-16-23(28(35-36)29(30,31)32)21-11-18(14-37-9-7-33-17-37)10-19-15-38(8-5-20(19)21)25-4-6-34-24-13-27(40-3)26(39-2)12-22(24)25/h4,6-7,9-13,16-17H,5,8,14-15H2,1-3H3. The first-order valence-electron chi connectivity index (χ1n) is 12.7. The lowest BCUT2D eigenvalue weighted by atomic mass is 9.88. The predicted octanol–water partition coefficient (Wildman–Crippen LogP) is 5.48. The summed E-state index contributed by atoms with van der Waals surface area (Å²) in [4.78, 5) is 10.9. The molecule has 0 bridgehead atoms. The summed E-state index contributed by atoms with van der Waals surface area (Å²) in [5.74, 6) is 1.19. The van der Waals surface area contributed by atoms with Crippen LogP contribution in [0.3, 0.4) is 0 Å². The zero-order chi connectivity index (χ0) is 28.0. The molecule has 40 heavy (non-hydrogen) atoms. The zero-order valence-corrected chi connectivity index (χ0v) is 22.2. The molecule has 0 saturated heterocycles. The van der Waals surface area contributed by atoms with Crippen LogP contribution in [-0.4, -0.2) is 45.1 Å². The number of anilines is 1. The number of alkyl halides is 3. The summed E-state index contributed by atoms with van der Waals surface area (Å²) in [6.07, 6.45) is 4.43. The zero-order valence-electron chi connectivity index (χ0n) is 22.2. The lowest BCUT2D eigenvalue weighted by Gasteiger charge is -2.33. The van der Waals surface area contributed by atoms with E-state index >= 15 is 0 Å². The van der Waals surface area contributed by atoms with E-state index in [1.807, 2.05) is 35.0 Å². The molecule has 11 heteroatoms. The number of aryl methyl sites for hydroxylation is 1. The molecule has 1 aliphatic rings. The quantitative estimate of drug-likeness (QED) is 0.280. The van der Waals surface area contributed by atoms with Gasteiger partial charge in [0.2, 0.25) is 0 Å². The molecule has 0 spiro atoms. The summed E-state index contributed by atoms with van der Waals surface area (Å²) in [7, 11) is 4.69. The molecule has 4 heterocycles. The van der Waals surface area contributed by atoms with Crippen molar-refractivity contribution < 1.29 is 22.6 Å². The van der Waals surface area contributed by atoms with E-state index in [2.05, 4.69) is 26.0 Å². The first kappa shape index (κ1) is 25.7. The number of hydrogen-bond acceptors (Lipinski definition) is 6. The molecule has 0 amide bonds. The Bertz CT molecular complexity index is 1690. The minimum Gasteiger partial charge on any atom is -0.493 e. The van der Waals surface area contributed by atoms with Gasteiger partial charge in [-0.15, -0.1) is 0 Å². The van der Waals surface area contributed by atoms with Crippen LogP contribution >= 0.6 is 0 Å². The van der Waals surface area contributed by atoms with E-state index < -0.39 is 11.9 Å². The Kier molecular flexibility index (Phi) is 6.36. The van der Waals surface area contributed by atoms with Gasteiger partial charge in [-0.3, -0.25) is 9.67 Å². The molecule has 3 aromatic heterocycles. The Balaban J connectivity index is 1.47. The van der Waals surface area contributed by atoms with Crippen LogP contribution in [0, 0.1) is 0 Å². The number of benzene rings is 2. The number of nitrogens with zero attached hydrogens (tertiary/aromatic N) is 6. The lowest BCUT2D eigenvalue weighted by molar-refractivity contribution is -0.140. The topological polar surface area (TPSA) is 70.2 Å². The largest absolute Gasteiger partial charge is 0.493 e. The second-order valence-electron chi connectivity index (χ2n) is 9.80. The number of ether oxygens (including phenoxy) is 2. The summed E-state index contributed by atoms with van der Waals surface area (Å²) in [5, 5.41) is 4.68. The third kappa shape index (κ3) is 4.61. The number of imidazole rings is 1. The highest BCUT2D eigenvalue weighted by Crippen LogP contribution is 2.42. The summed E-state index contributed by atoms with van der Waals surface area (Å²) in [5.41, 5.74) is 4.29. The maximum atomic E-state index is 14.0. The highest BCUT2D eigenvalue weighted by molar-refractivity contribution is 5.94. The highest BCUT2D eigenvalue weighted by Gasteiger charge is 2.38. The fraction of sp³-hybridized carbons (Fsp3) is 0.276. The van der Waals surface area contributed by atoms with Gasteiger partial charge in [0, 0.05) is 74.2 Å². The van der Waals surface area contributed by atoms with Gasteiger partial charge in [0.15, 0.2) is 17.2 Å². The predicted molar refractivity (Wildman–Crippen MR) is 145 cm³/mol. The molecular formula is C29H27F3N6O2. The molecule has 0 unspecified atom stereocenters. The molecule has 5 aromatic rings. The van der Waals surface area contributed by atoms with Gasteiger partial charge in [-0.1, -0.05) is 6.07 Å².